The van der Waals surface area contributed by atoms with Gasteiger partial charge >= 0.3 is 11.9 Å². The third-order valence-corrected chi connectivity index (χ3v) is 4.83. The van der Waals surface area contributed by atoms with Gasteiger partial charge in [-0.05, 0) is 31.2 Å². The first-order valence-corrected chi connectivity index (χ1v) is 9.23. The Kier molecular flexibility index (Phi) is 4.83. The molecule has 0 atom stereocenters. The van der Waals surface area contributed by atoms with Gasteiger partial charge in [0.05, 0.1) is 28.9 Å². The van der Waals surface area contributed by atoms with Crippen molar-refractivity contribution in [3.05, 3.63) is 70.5 Å². The van der Waals surface area contributed by atoms with Crippen molar-refractivity contribution in [1.29, 1.82) is 0 Å². The quantitative estimate of drug-likeness (QED) is 0.473. The van der Waals surface area contributed by atoms with Gasteiger partial charge in [0.2, 0.25) is 5.76 Å². The molecule has 1 aliphatic rings. The second-order valence-corrected chi connectivity index (χ2v) is 6.63. The van der Waals surface area contributed by atoms with Crippen LogP contribution < -0.4 is 0 Å². The predicted octanol–water partition coefficient (Wildman–Crippen LogP) is 3.19. The number of fused-ring (bicyclic) bond motifs is 2. The van der Waals surface area contributed by atoms with Gasteiger partial charge in [-0.15, -0.1) is 0 Å². The second-order valence-electron chi connectivity index (χ2n) is 6.63. The normalized spacial score (nSPS) is 12.9. The number of hydrogen-bond donors (Lipinski definition) is 0. The van der Waals surface area contributed by atoms with Crippen molar-refractivity contribution >= 4 is 34.7 Å². The van der Waals surface area contributed by atoms with E-state index < -0.39 is 23.8 Å². The van der Waals surface area contributed by atoms with Crippen molar-refractivity contribution in [2.45, 2.75) is 13.5 Å². The lowest BCUT2D eigenvalue weighted by Gasteiger charge is -2.07. The van der Waals surface area contributed by atoms with Gasteiger partial charge in [0.25, 0.3) is 11.8 Å². The van der Waals surface area contributed by atoms with Crippen LogP contribution in [0, 0.1) is 0 Å². The van der Waals surface area contributed by atoms with Crippen LogP contribution in [0.25, 0.3) is 11.0 Å². The molecule has 2 aromatic carbocycles. The number of rotatable bonds is 5. The lowest BCUT2D eigenvalue weighted by atomic mass is 10.1. The summed E-state index contributed by atoms with van der Waals surface area (Å²) >= 11 is 0. The highest BCUT2D eigenvalue weighted by atomic mass is 16.5. The summed E-state index contributed by atoms with van der Waals surface area (Å²) < 4.78 is 16.0. The maximum atomic E-state index is 12.6. The van der Waals surface area contributed by atoms with Crippen LogP contribution in [0.4, 0.5) is 0 Å². The van der Waals surface area contributed by atoms with Crippen LogP contribution in [0.1, 0.15) is 54.1 Å². The molecule has 1 aliphatic heterocycles. The van der Waals surface area contributed by atoms with Crippen LogP contribution in [-0.2, 0) is 16.1 Å². The van der Waals surface area contributed by atoms with Crippen LogP contribution in [0.2, 0.25) is 0 Å². The highest BCUT2D eigenvalue weighted by Gasteiger charge is 2.33. The van der Waals surface area contributed by atoms with E-state index in [2.05, 4.69) is 0 Å². The third kappa shape index (κ3) is 3.12. The number of ether oxygens (including phenoxy) is 2. The third-order valence-electron chi connectivity index (χ3n) is 4.83. The molecule has 2 heterocycles. The van der Waals surface area contributed by atoms with E-state index in [1.807, 2.05) is 0 Å². The largest absolute Gasteiger partial charge is 0.460 e. The van der Waals surface area contributed by atoms with Crippen molar-refractivity contribution in [2.75, 3.05) is 13.7 Å². The van der Waals surface area contributed by atoms with Gasteiger partial charge in [0.15, 0.2) is 0 Å². The van der Waals surface area contributed by atoms with Crippen molar-refractivity contribution in [1.82, 2.24) is 4.90 Å². The Hall–Kier alpha value is -3.94. The number of benzene rings is 2. The number of esters is 2. The molecule has 3 aromatic rings. The van der Waals surface area contributed by atoms with Crippen LogP contribution in [0.5, 0.6) is 0 Å². The van der Waals surface area contributed by atoms with Gasteiger partial charge < -0.3 is 13.9 Å². The van der Waals surface area contributed by atoms with Crippen LogP contribution in [0.15, 0.2) is 46.9 Å². The topological polar surface area (TPSA) is 103 Å². The summed E-state index contributed by atoms with van der Waals surface area (Å²) in [6.07, 6.45) is 0. The molecule has 0 fully saturated rings. The number of amides is 2. The molecule has 0 saturated heterocycles. The molecule has 1 aromatic heterocycles. The Balaban J connectivity index is 1.60. The molecule has 0 bridgehead atoms. The van der Waals surface area contributed by atoms with E-state index in [-0.39, 0.29) is 35.7 Å². The van der Waals surface area contributed by atoms with E-state index in [4.69, 9.17) is 13.9 Å². The molecule has 2 amide bonds. The summed E-state index contributed by atoms with van der Waals surface area (Å²) in [7, 11) is 1.38. The lowest BCUT2D eigenvalue weighted by Crippen LogP contribution is -2.24. The predicted molar refractivity (Wildman–Crippen MR) is 104 cm³/mol. The summed E-state index contributed by atoms with van der Waals surface area (Å²) in [5.74, 6) is -2.27. The molecule has 0 radical (unpaired) electrons. The summed E-state index contributed by atoms with van der Waals surface area (Å²) in [5.41, 5.74) is 1.37. The SMILES string of the molecule is CCOC(=O)c1oc2ccccc2c1COC(=O)c1ccc2c(c1)C(=O)N(C)C2=O. The molecule has 152 valence electrons. The summed E-state index contributed by atoms with van der Waals surface area (Å²) in [6, 6.07) is 11.2. The number of furan rings is 1. The number of nitrogens with zero attached hydrogens (tertiary/aromatic N) is 1. The average Bonchev–Trinajstić information content (AvgIpc) is 3.23. The second kappa shape index (κ2) is 7.47. The molecule has 30 heavy (non-hydrogen) atoms. The molecular weight excluding hydrogens is 390 g/mol. The molecule has 8 nitrogen and oxygen atoms in total. The molecule has 0 unspecified atom stereocenters. The fraction of sp³-hybridized carbons (Fsp3) is 0.182. The number of carbonyl (C=O) groups is 4. The van der Waals surface area contributed by atoms with Crippen LogP contribution >= 0.6 is 0 Å². The Morgan fingerprint density at radius 2 is 1.70 bits per heavy atom. The minimum absolute atomic E-state index is 0.0257. The first kappa shape index (κ1) is 19.4. The summed E-state index contributed by atoms with van der Waals surface area (Å²) in [4.78, 5) is 49.9. The average molecular weight is 407 g/mol. The van der Waals surface area contributed by atoms with Gasteiger partial charge in [-0.2, -0.15) is 0 Å². The Bertz CT molecular complexity index is 1210. The number of para-hydroxylation sites is 1. The molecule has 4 rings (SSSR count). The standard InChI is InChI=1S/C22H17NO7/c1-3-28-22(27)18-16(13-6-4-5-7-17(13)30-18)11-29-21(26)12-8-9-14-15(10-12)20(25)23(2)19(14)24/h4-10H,3,11H2,1-2H3. The smallest absolute Gasteiger partial charge is 0.374 e. The van der Waals surface area contributed by atoms with Crippen molar-refractivity contribution in [2.24, 2.45) is 0 Å². The number of hydrogen-bond acceptors (Lipinski definition) is 7. The van der Waals surface area contributed by atoms with E-state index in [1.54, 1.807) is 31.2 Å². The van der Waals surface area contributed by atoms with Gasteiger partial charge in [-0.1, -0.05) is 18.2 Å². The minimum Gasteiger partial charge on any atom is -0.460 e. The number of carbonyl (C=O) groups excluding carboxylic acids is 4. The lowest BCUT2D eigenvalue weighted by molar-refractivity contribution is 0.0435. The van der Waals surface area contributed by atoms with Gasteiger partial charge in [-0.25, -0.2) is 9.59 Å². The zero-order chi connectivity index (χ0) is 21.4. The molecule has 0 N–H and O–H groups in total. The van der Waals surface area contributed by atoms with Crippen LogP contribution in [0.3, 0.4) is 0 Å². The van der Waals surface area contributed by atoms with E-state index >= 15 is 0 Å². The first-order valence-electron chi connectivity index (χ1n) is 9.23. The summed E-state index contributed by atoms with van der Waals surface area (Å²) in [6.45, 7) is 1.62. The fourth-order valence-corrected chi connectivity index (χ4v) is 3.31. The monoisotopic (exact) mass is 407 g/mol. The van der Waals surface area contributed by atoms with Crippen molar-refractivity contribution in [3.8, 4) is 0 Å². The minimum atomic E-state index is -0.701. The zero-order valence-corrected chi connectivity index (χ0v) is 16.3. The highest BCUT2D eigenvalue weighted by molar-refractivity contribution is 6.21. The Morgan fingerprint density at radius 3 is 2.47 bits per heavy atom. The van der Waals surface area contributed by atoms with E-state index in [0.717, 1.165) is 4.90 Å². The molecule has 0 saturated carbocycles. The van der Waals surface area contributed by atoms with Gasteiger partial charge in [-0.3, -0.25) is 14.5 Å². The Labute approximate surface area is 171 Å². The molecule has 8 heteroatoms. The Morgan fingerprint density at radius 1 is 0.967 bits per heavy atom. The molecule has 0 spiro atoms. The number of imide groups is 1. The molecule has 0 aliphatic carbocycles. The van der Waals surface area contributed by atoms with E-state index in [9.17, 15) is 19.2 Å². The van der Waals surface area contributed by atoms with E-state index in [1.165, 1.54) is 25.2 Å². The summed E-state index contributed by atoms with van der Waals surface area (Å²) in [5, 5.41) is 0.629. The van der Waals surface area contributed by atoms with Crippen molar-refractivity contribution < 1.29 is 33.1 Å². The van der Waals surface area contributed by atoms with E-state index in [0.29, 0.717) is 16.5 Å². The maximum absolute atomic E-state index is 12.6. The molecular formula is C22H17NO7. The van der Waals surface area contributed by atoms with Gasteiger partial charge in [0.1, 0.15) is 12.2 Å². The maximum Gasteiger partial charge on any atom is 0.374 e. The van der Waals surface area contributed by atoms with Gasteiger partial charge in [0, 0.05) is 12.4 Å². The zero-order valence-electron chi connectivity index (χ0n) is 16.3. The van der Waals surface area contributed by atoms with Crippen molar-refractivity contribution in [3.63, 3.8) is 0 Å². The first-order chi connectivity index (χ1) is 14.4. The highest BCUT2D eigenvalue weighted by Crippen LogP contribution is 2.28. The van der Waals surface area contributed by atoms with Crippen LogP contribution in [-0.4, -0.2) is 42.3 Å². The fourth-order valence-electron chi connectivity index (χ4n) is 3.31.